The number of para-hydroxylation sites is 1. The Morgan fingerprint density at radius 2 is 1.81 bits per heavy atom. The van der Waals surface area contributed by atoms with Crippen molar-refractivity contribution in [3.8, 4) is 5.82 Å². The van der Waals surface area contributed by atoms with Crippen LogP contribution in [0.1, 0.15) is 29.8 Å². The first-order valence-electron chi connectivity index (χ1n) is 10.3. The van der Waals surface area contributed by atoms with Gasteiger partial charge in [0.15, 0.2) is 11.6 Å². The van der Waals surface area contributed by atoms with Crippen molar-refractivity contribution in [3.63, 3.8) is 0 Å². The number of carbonyl (C=O) groups is 1. The van der Waals surface area contributed by atoms with Gasteiger partial charge in [-0.15, -0.1) is 10.2 Å². The molecule has 7 nitrogen and oxygen atoms in total. The van der Waals surface area contributed by atoms with Crippen LogP contribution in [-0.2, 0) is 11.0 Å². The zero-order valence-corrected chi connectivity index (χ0v) is 17.7. The molecule has 1 fully saturated rings. The third-order valence-corrected chi connectivity index (χ3v) is 5.47. The van der Waals surface area contributed by atoms with Crippen LogP contribution in [0.25, 0.3) is 5.82 Å². The number of aryl methyl sites for hydroxylation is 2. The van der Waals surface area contributed by atoms with Gasteiger partial charge in [-0.2, -0.15) is 18.3 Å². The fraction of sp³-hybridized carbons (Fsp3) is 0.364. The van der Waals surface area contributed by atoms with E-state index in [4.69, 9.17) is 0 Å². The number of anilines is 2. The molecule has 3 aromatic rings. The Morgan fingerprint density at radius 1 is 1.09 bits per heavy atom. The highest BCUT2D eigenvalue weighted by atomic mass is 19.4. The maximum Gasteiger partial charge on any atom is 0.418 e. The second kappa shape index (κ2) is 8.60. The van der Waals surface area contributed by atoms with Gasteiger partial charge in [-0.3, -0.25) is 4.79 Å². The van der Waals surface area contributed by atoms with Crippen LogP contribution in [0.2, 0.25) is 0 Å². The van der Waals surface area contributed by atoms with Crippen molar-refractivity contribution in [2.45, 2.75) is 32.9 Å². The van der Waals surface area contributed by atoms with Gasteiger partial charge in [0.1, 0.15) is 0 Å². The van der Waals surface area contributed by atoms with E-state index in [1.807, 2.05) is 36.9 Å². The van der Waals surface area contributed by atoms with Gasteiger partial charge < -0.3 is 10.2 Å². The zero-order chi connectivity index (χ0) is 22.9. The highest BCUT2D eigenvalue weighted by Gasteiger charge is 2.34. The quantitative estimate of drug-likeness (QED) is 0.654. The van der Waals surface area contributed by atoms with Crippen LogP contribution in [0, 0.1) is 19.8 Å². The summed E-state index contributed by atoms with van der Waals surface area (Å²) in [6.45, 7) is 4.88. The zero-order valence-electron chi connectivity index (χ0n) is 17.7. The number of halogens is 3. The molecular formula is C22H23F3N6O. The van der Waals surface area contributed by atoms with Gasteiger partial charge in [-0.05, 0) is 57.0 Å². The van der Waals surface area contributed by atoms with Gasteiger partial charge in [0.25, 0.3) is 0 Å². The van der Waals surface area contributed by atoms with Crippen LogP contribution in [-0.4, -0.2) is 39.0 Å². The lowest BCUT2D eigenvalue weighted by molar-refractivity contribution is -0.137. The van der Waals surface area contributed by atoms with Crippen molar-refractivity contribution in [2.75, 3.05) is 23.3 Å². The van der Waals surface area contributed by atoms with Crippen LogP contribution in [0.3, 0.4) is 0 Å². The van der Waals surface area contributed by atoms with Gasteiger partial charge in [-0.1, -0.05) is 12.1 Å². The number of nitrogens with one attached hydrogen (secondary N) is 1. The fourth-order valence-electron chi connectivity index (χ4n) is 3.93. The Bertz CT molecular complexity index is 1110. The van der Waals surface area contributed by atoms with Crippen LogP contribution in [0.15, 0.2) is 42.5 Å². The summed E-state index contributed by atoms with van der Waals surface area (Å²) < 4.78 is 41.4. The molecule has 1 aliphatic rings. The molecule has 0 radical (unpaired) electrons. The average Bonchev–Trinajstić information content (AvgIpc) is 3.11. The molecule has 2 aromatic heterocycles. The van der Waals surface area contributed by atoms with Gasteiger partial charge >= 0.3 is 6.18 Å². The first kappa shape index (κ1) is 21.8. The van der Waals surface area contributed by atoms with Gasteiger partial charge in [0.2, 0.25) is 5.91 Å². The molecule has 0 unspecified atom stereocenters. The first-order chi connectivity index (χ1) is 15.2. The number of alkyl halides is 3. The number of aromatic nitrogens is 4. The molecule has 1 N–H and O–H groups in total. The third-order valence-electron chi connectivity index (χ3n) is 5.47. The van der Waals surface area contributed by atoms with Crippen LogP contribution in [0.4, 0.5) is 24.7 Å². The van der Waals surface area contributed by atoms with E-state index in [1.165, 1.54) is 18.2 Å². The van der Waals surface area contributed by atoms with Crippen molar-refractivity contribution in [1.82, 2.24) is 20.0 Å². The smallest absolute Gasteiger partial charge is 0.354 e. The van der Waals surface area contributed by atoms with E-state index in [1.54, 1.807) is 4.68 Å². The van der Waals surface area contributed by atoms with Crippen molar-refractivity contribution in [2.24, 2.45) is 5.92 Å². The molecular weight excluding hydrogens is 421 g/mol. The van der Waals surface area contributed by atoms with Gasteiger partial charge in [0, 0.05) is 18.8 Å². The Kier molecular flexibility index (Phi) is 5.86. The van der Waals surface area contributed by atoms with E-state index < -0.39 is 23.6 Å². The minimum atomic E-state index is -4.54. The van der Waals surface area contributed by atoms with Gasteiger partial charge in [-0.25, -0.2) is 4.68 Å². The summed E-state index contributed by atoms with van der Waals surface area (Å²) >= 11 is 0. The molecule has 1 atom stereocenters. The van der Waals surface area contributed by atoms with Crippen LogP contribution < -0.4 is 10.2 Å². The number of hydrogen-bond acceptors (Lipinski definition) is 5. The molecule has 32 heavy (non-hydrogen) atoms. The van der Waals surface area contributed by atoms with E-state index in [0.717, 1.165) is 23.9 Å². The standard InChI is InChI=1S/C22H23F3N6O/c1-14-12-15(2)31(29-14)20-10-9-19(27-28-20)30-11-5-6-16(13-30)21(32)26-18-8-4-3-7-17(18)22(23,24)25/h3-4,7-10,12,16H,5-6,11,13H2,1-2H3,(H,26,32)/t16-/m1/s1. The lowest BCUT2D eigenvalue weighted by Crippen LogP contribution is -2.41. The van der Waals surface area contributed by atoms with Gasteiger partial charge in [0.05, 0.1) is 22.9 Å². The predicted octanol–water partition coefficient (Wildman–Crippen LogP) is 4.15. The molecule has 1 aliphatic heterocycles. The molecule has 4 rings (SSSR count). The fourth-order valence-corrected chi connectivity index (χ4v) is 3.93. The van der Waals surface area contributed by atoms with E-state index in [2.05, 4.69) is 20.6 Å². The summed E-state index contributed by atoms with van der Waals surface area (Å²) in [5.74, 6) is 0.319. The van der Waals surface area contributed by atoms with Crippen molar-refractivity contribution < 1.29 is 18.0 Å². The third kappa shape index (κ3) is 4.58. The summed E-state index contributed by atoms with van der Waals surface area (Å²) in [5.41, 5.74) is 0.742. The second-order valence-corrected chi connectivity index (χ2v) is 7.91. The minimum absolute atomic E-state index is 0.226. The highest BCUT2D eigenvalue weighted by molar-refractivity contribution is 5.93. The summed E-state index contributed by atoms with van der Waals surface area (Å²) in [7, 11) is 0. The van der Waals surface area contributed by atoms with Crippen molar-refractivity contribution >= 4 is 17.4 Å². The number of nitrogens with zero attached hydrogens (tertiary/aromatic N) is 5. The van der Waals surface area contributed by atoms with Crippen molar-refractivity contribution in [3.05, 3.63) is 59.4 Å². The lowest BCUT2D eigenvalue weighted by atomic mass is 9.96. The Hall–Kier alpha value is -3.43. The second-order valence-electron chi connectivity index (χ2n) is 7.91. The topological polar surface area (TPSA) is 75.9 Å². The first-order valence-corrected chi connectivity index (χ1v) is 10.3. The molecule has 0 bridgehead atoms. The molecule has 0 aliphatic carbocycles. The van der Waals surface area contributed by atoms with Crippen molar-refractivity contribution in [1.29, 1.82) is 0 Å². The van der Waals surface area contributed by atoms with E-state index in [9.17, 15) is 18.0 Å². The average molecular weight is 444 g/mol. The maximum absolute atomic E-state index is 13.2. The normalized spacial score (nSPS) is 16.8. The summed E-state index contributed by atoms with van der Waals surface area (Å²) in [6.07, 6.45) is -3.22. The number of benzene rings is 1. The number of carbonyl (C=O) groups excluding carboxylic acids is 1. The number of piperidine rings is 1. The van der Waals surface area contributed by atoms with E-state index in [0.29, 0.717) is 31.1 Å². The summed E-state index contributed by atoms with van der Waals surface area (Å²) in [5, 5.41) is 15.4. The lowest BCUT2D eigenvalue weighted by Gasteiger charge is -2.32. The Labute approximate surface area is 183 Å². The SMILES string of the molecule is Cc1cc(C)n(-c2ccc(N3CCC[C@@H](C(=O)Nc4ccccc4C(F)(F)F)C3)nn2)n1. The van der Waals surface area contributed by atoms with Crippen LogP contribution >= 0.6 is 0 Å². The number of rotatable bonds is 4. The number of amides is 1. The molecule has 1 saturated heterocycles. The number of hydrogen-bond donors (Lipinski definition) is 1. The monoisotopic (exact) mass is 444 g/mol. The molecule has 1 aromatic carbocycles. The molecule has 10 heteroatoms. The highest BCUT2D eigenvalue weighted by Crippen LogP contribution is 2.35. The maximum atomic E-state index is 13.2. The molecule has 168 valence electrons. The summed E-state index contributed by atoms with van der Waals surface area (Å²) in [4.78, 5) is 14.7. The molecule has 1 amide bonds. The summed E-state index contributed by atoms with van der Waals surface area (Å²) in [6, 6.07) is 10.6. The Balaban J connectivity index is 1.46. The molecule has 3 heterocycles. The van der Waals surface area contributed by atoms with E-state index in [-0.39, 0.29) is 5.69 Å². The minimum Gasteiger partial charge on any atom is -0.354 e. The predicted molar refractivity (Wildman–Crippen MR) is 114 cm³/mol. The Morgan fingerprint density at radius 3 is 2.47 bits per heavy atom. The molecule has 0 saturated carbocycles. The van der Waals surface area contributed by atoms with E-state index >= 15 is 0 Å². The van der Waals surface area contributed by atoms with Crippen LogP contribution in [0.5, 0.6) is 0 Å². The molecule has 0 spiro atoms. The largest absolute Gasteiger partial charge is 0.418 e.